The van der Waals surface area contributed by atoms with Crippen LogP contribution in [0.25, 0.3) is 16.9 Å². The molecule has 4 aromatic rings. The van der Waals surface area contributed by atoms with Gasteiger partial charge >= 0.3 is 6.18 Å². The summed E-state index contributed by atoms with van der Waals surface area (Å²) in [5, 5.41) is 3.49. The molecule has 1 atom stereocenters. The van der Waals surface area contributed by atoms with E-state index >= 15 is 0 Å². The third-order valence-electron chi connectivity index (χ3n) is 6.70. The van der Waals surface area contributed by atoms with Crippen LogP contribution in [0.4, 0.5) is 13.2 Å². The predicted octanol–water partition coefficient (Wildman–Crippen LogP) is 5.18. The molecule has 42 heavy (non-hydrogen) atoms. The first kappa shape index (κ1) is 30.8. The van der Waals surface area contributed by atoms with Crippen molar-refractivity contribution in [2.75, 3.05) is 24.7 Å². The second-order valence-corrected chi connectivity index (χ2v) is 12.0. The summed E-state index contributed by atoms with van der Waals surface area (Å²) in [6.07, 6.45) is -1.76. The van der Waals surface area contributed by atoms with Crippen molar-refractivity contribution in [1.29, 1.82) is 0 Å². The molecule has 0 saturated carbocycles. The lowest BCUT2D eigenvalue weighted by atomic mass is 10.2. The molecule has 2 heterocycles. The van der Waals surface area contributed by atoms with Crippen LogP contribution in [0.1, 0.15) is 38.3 Å². The van der Waals surface area contributed by atoms with Gasteiger partial charge in [-0.1, -0.05) is 37.3 Å². The Morgan fingerprint density at radius 3 is 2.33 bits per heavy atom. The zero-order valence-electron chi connectivity index (χ0n) is 23.5. The van der Waals surface area contributed by atoms with Gasteiger partial charge in [-0.15, -0.1) is 0 Å². The van der Waals surface area contributed by atoms with E-state index in [1.807, 2.05) is 72.3 Å². The minimum absolute atomic E-state index is 0.115. The molecule has 2 aromatic heterocycles. The molecular weight excluding hydrogens is 571 g/mol. The molecule has 0 N–H and O–H groups in total. The quantitative estimate of drug-likeness (QED) is 0.221. The summed E-state index contributed by atoms with van der Waals surface area (Å²) in [6, 6.07) is 16.7. The standard InChI is InChI=1S/C29H32F3N5O4S/c1-4-41-24-13-11-23(12-14-24)37-19-25(22-9-7-6-8-10-22)33-28(37)21(3)36(17-18-42(39,40)5-2)27(38)20-35-16-15-26(34-35)29(30,31)32/h6-16,19,21H,4-5,17-18,20H2,1-3H3/t21-/m1/s1. The molecule has 0 aliphatic rings. The summed E-state index contributed by atoms with van der Waals surface area (Å²) in [5.74, 6) is 0.0845. The maximum Gasteiger partial charge on any atom is 0.435 e. The normalized spacial score (nSPS) is 12.7. The number of aromatic nitrogens is 4. The van der Waals surface area contributed by atoms with Crippen molar-refractivity contribution in [1.82, 2.24) is 24.2 Å². The highest BCUT2D eigenvalue weighted by Crippen LogP contribution is 2.30. The fourth-order valence-electron chi connectivity index (χ4n) is 4.40. The van der Waals surface area contributed by atoms with Crippen molar-refractivity contribution < 1.29 is 31.1 Å². The van der Waals surface area contributed by atoms with Crippen LogP contribution in [0, 0.1) is 0 Å². The molecule has 0 aliphatic carbocycles. The van der Waals surface area contributed by atoms with Gasteiger partial charge in [0.25, 0.3) is 0 Å². The molecule has 0 unspecified atom stereocenters. The molecule has 0 aliphatic heterocycles. The Hall–Kier alpha value is -4.13. The molecule has 9 nitrogen and oxygen atoms in total. The van der Waals surface area contributed by atoms with E-state index < -0.39 is 40.2 Å². The highest BCUT2D eigenvalue weighted by Gasteiger charge is 2.34. The largest absolute Gasteiger partial charge is 0.494 e. The Morgan fingerprint density at radius 1 is 1.05 bits per heavy atom. The molecular formula is C29H32F3N5O4S. The zero-order chi connectivity index (χ0) is 30.5. The van der Waals surface area contributed by atoms with Crippen LogP contribution in [-0.2, 0) is 27.4 Å². The van der Waals surface area contributed by atoms with Gasteiger partial charge in [0.2, 0.25) is 5.91 Å². The fraction of sp³-hybridized carbons (Fsp3) is 0.345. The maximum absolute atomic E-state index is 13.6. The molecule has 1 amide bonds. The lowest BCUT2D eigenvalue weighted by molar-refractivity contribution is -0.142. The third kappa shape index (κ3) is 7.38. The summed E-state index contributed by atoms with van der Waals surface area (Å²) in [7, 11) is -3.47. The summed E-state index contributed by atoms with van der Waals surface area (Å²) in [6.45, 7) is 4.92. The fourth-order valence-corrected chi connectivity index (χ4v) is 5.16. The van der Waals surface area contributed by atoms with Crippen LogP contribution >= 0.6 is 0 Å². The summed E-state index contributed by atoms with van der Waals surface area (Å²) >= 11 is 0. The Morgan fingerprint density at radius 2 is 1.74 bits per heavy atom. The molecule has 0 bridgehead atoms. The van der Waals surface area contributed by atoms with Gasteiger partial charge in [0.05, 0.1) is 24.1 Å². The molecule has 4 rings (SSSR count). The summed E-state index contributed by atoms with van der Waals surface area (Å²) in [5.41, 5.74) is 1.06. The van der Waals surface area contributed by atoms with Crippen LogP contribution in [-0.4, -0.2) is 63.2 Å². The summed E-state index contributed by atoms with van der Waals surface area (Å²) < 4.78 is 72.4. The van der Waals surface area contributed by atoms with Gasteiger partial charge in [-0.2, -0.15) is 18.3 Å². The molecule has 224 valence electrons. The first-order valence-corrected chi connectivity index (χ1v) is 15.2. The first-order chi connectivity index (χ1) is 19.9. The van der Waals surface area contributed by atoms with E-state index in [1.165, 1.54) is 11.8 Å². The molecule has 0 saturated heterocycles. The zero-order valence-corrected chi connectivity index (χ0v) is 24.3. The van der Waals surface area contributed by atoms with Crippen molar-refractivity contribution in [3.05, 3.63) is 84.6 Å². The number of rotatable bonds is 12. The van der Waals surface area contributed by atoms with Crippen LogP contribution in [0.3, 0.4) is 0 Å². The van der Waals surface area contributed by atoms with Crippen LogP contribution in [0.15, 0.2) is 73.1 Å². The van der Waals surface area contributed by atoms with Crippen molar-refractivity contribution >= 4 is 15.7 Å². The molecule has 0 fully saturated rings. The number of amides is 1. The Bertz CT molecular complexity index is 1600. The predicted molar refractivity (Wildman–Crippen MR) is 152 cm³/mol. The van der Waals surface area contributed by atoms with Crippen LogP contribution < -0.4 is 4.74 Å². The lowest BCUT2D eigenvalue weighted by Gasteiger charge is -2.29. The van der Waals surface area contributed by atoms with Gasteiger partial charge in [0, 0.05) is 35.9 Å². The van der Waals surface area contributed by atoms with Crippen LogP contribution in [0.5, 0.6) is 5.75 Å². The SMILES string of the molecule is CCOc1ccc(-n2cc(-c3ccccc3)nc2[C@@H](C)N(CCS(=O)(=O)CC)C(=O)Cn2ccc(C(F)(F)F)n2)cc1. The second-order valence-electron chi connectivity index (χ2n) is 9.54. The van der Waals surface area contributed by atoms with Crippen molar-refractivity contribution in [3.63, 3.8) is 0 Å². The van der Waals surface area contributed by atoms with E-state index in [1.54, 1.807) is 6.92 Å². The number of hydrogen-bond acceptors (Lipinski definition) is 6. The highest BCUT2D eigenvalue weighted by molar-refractivity contribution is 7.91. The number of alkyl halides is 3. The van der Waals surface area contributed by atoms with E-state index in [2.05, 4.69) is 5.10 Å². The smallest absolute Gasteiger partial charge is 0.435 e. The molecule has 0 spiro atoms. The minimum atomic E-state index is -4.66. The Kier molecular flexibility index (Phi) is 9.40. The van der Waals surface area contributed by atoms with Gasteiger partial charge in [-0.05, 0) is 44.2 Å². The van der Waals surface area contributed by atoms with Crippen LogP contribution in [0.2, 0.25) is 0 Å². The number of hydrogen-bond donors (Lipinski definition) is 0. The van der Waals surface area contributed by atoms with Gasteiger partial charge in [-0.3, -0.25) is 9.48 Å². The number of halogens is 3. The number of carbonyl (C=O) groups is 1. The number of sulfone groups is 1. The van der Waals surface area contributed by atoms with E-state index in [0.29, 0.717) is 23.9 Å². The van der Waals surface area contributed by atoms with Crippen molar-refractivity contribution in [2.24, 2.45) is 0 Å². The Labute approximate surface area is 242 Å². The second kappa shape index (κ2) is 12.8. The van der Waals surface area contributed by atoms with E-state index in [9.17, 15) is 26.4 Å². The van der Waals surface area contributed by atoms with E-state index in [-0.39, 0.29) is 18.1 Å². The van der Waals surface area contributed by atoms with E-state index in [4.69, 9.17) is 9.72 Å². The maximum atomic E-state index is 13.6. The Balaban J connectivity index is 1.74. The molecule has 0 radical (unpaired) electrons. The van der Waals surface area contributed by atoms with E-state index in [0.717, 1.165) is 28.2 Å². The van der Waals surface area contributed by atoms with Crippen molar-refractivity contribution in [3.8, 4) is 22.7 Å². The van der Waals surface area contributed by atoms with Gasteiger partial charge in [-0.25, -0.2) is 13.4 Å². The lowest BCUT2D eigenvalue weighted by Crippen LogP contribution is -2.40. The number of ether oxygens (including phenoxy) is 1. The number of carbonyl (C=O) groups excluding carboxylic acids is 1. The monoisotopic (exact) mass is 603 g/mol. The first-order valence-electron chi connectivity index (χ1n) is 13.4. The molecule has 2 aromatic carbocycles. The van der Waals surface area contributed by atoms with Gasteiger partial charge in [0.1, 0.15) is 18.1 Å². The highest BCUT2D eigenvalue weighted by atomic mass is 32.2. The number of benzene rings is 2. The van der Waals surface area contributed by atoms with Crippen molar-refractivity contribution in [2.45, 2.75) is 39.5 Å². The number of imidazole rings is 1. The average molecular weight is 604 g/mol. The molecule has 13 heteroatoms. The average Bonchev–Trinajstić information content (AvgIpc) is 3.62. The topological polar surface area (TPSA) is 99.3 Å². The number of nitrogens with zero attached hydrogens (tertiary/aromatic N) is 5. The summed E-state index contributed by atoms with van der Waals surface area (Å²) in [4.78, 5) is 19.7. The minimum Gasteiger partial charge on any atom is -0.494 e. The van der Waals surface area contributed by atoms with Gasteiger partial charge in [0.15, 0.2) is 15.5 Å². The third-order valence-corrected chi connectivity index (χ3v) is 8.39. The van der Waals surface area contributed by atoms with Gasteiger partial charge < -0.3 is 14.2 Å².